The molecule has 0 amide bonds. The smallest absolute Gasteiger partial charge is 0.227 e. The molecule has 168 valence electrons. The average Bonchev–Trinajstić information content (AvgIpc) is 3.38. The van der Waals surface area contributed by atoms with Gasteiger partial charge in [-0.1, -0.05) is 63.2 Å². The molecule has 0 saturated carbocycles. The highest BCUT2D eigenvalue weighted by molar-refractivity contribution is 6.05. The third kappa shape index (κ3) is 3.15. The summed E-state index contributed by atoms with van der Waals surface area (Å²) in [6.07, 6.45) is 1.85. The molecule has 3 heterocycles. The van der Waals surface area contributed by atoms with Crippen molar-refractivity contribution < 1.29 is 8.83 Å². The first-order valence-electron chi connectivity index (χ1n) is 11.7. The van der Waals surface area contributed by atoms with Crippen molar-refractivity contribution in [2.45, 2.75) is 40.0 Å². The van der Waals surface area contributed by atoms with Crippen molar-refractivity contribution in [3.8, 4) is 22.4 Å². The first-order chi connectivity index (χ1) is 16.3. The number of benzene rings is 3. The lowest BCUT2D eigenvalue weighted by Crippen LogP contribution is -2.12. The van der Waals surface area contributed by atoms with Crippen LogP contribution in [0.5, 0.6) is 0 Å². The Kier molecular flexibility index (Phi) is 4.47. The summed E-state index contributed by atoms with van der Waals surface area (Å²) in [5, 5.41) is 4.64. The first-order valence-corrected chi connectivity index (χ1v) is 11.7. The zero-order valence-corrected chi connectivity index (χ0v) is 20.2. The highest BCUT2D eigenvalue weighted by atomic mass is 16.3. The summed E-state index contributed by atoms with van der Waals surface area (Å²) in [5.74, 6) is 0.891. The highest BCUT2D eigenvalue weighted by Gasteiger charge is 2.22. The van der Waals surface area contributed by atoms with Crippen LogP contribution >= 0.6 is 0 Å². The van der Waals surface area contributed by atoms with Crippen LogP contribution in [0, 0.1) is 13.8 Å². The van der Waals surface area contributed by atoms with Gasteiger partial charge in [0, 0.05) is 27.6 Å². The topological polar surface area (TPSA) is 39.2 Å². The lowest BCUT2D eigenvalue weighted by molar-refractivity contribution is 0.565. The molecule has 0 unspecified atom stereocenters. The van der Waals surface area contributed by atoms with E-state index in [0.29, 0.717) is 5.71 Å². The zero-order valence-electron chi connectivity index (χ0n) is 20.2. The molecule has 0 atom stereocenters. The molecule has 0 aliphatic rings. The molecule has 6 aromatic rings. The number of para-hydroxylation sites is 1. The SMILES string of the molecule is Cc1oc2nc(-c3cc(C(C)(C)C)c4ccccc4c3)cc(-c3coc4ccccc34)c2c1C. The molecule has 0 radical (unpaired) electrons. The Morgan fingerprint density at radius 2 is 1.53 bits per heavy atom. The second kappa shape index (κ2) is 7.33. The minimum Gasteiger partial charge on any atom is -0.464 e. The van der Waals surface area contributed by atoms with Gasteiger partial charge in [0.05, 0.1) is 17.3 Å². The minimum absolute atomic E-state index is 0.00115. The van der Waals surface area contributed by atoms with Crippen molar-refractivity contribution in [1.29, 1.82) is 0 Å². The standard InChI is InChI=1S/C31H27NO2/c1-18-19(2)34-30-29(18)24(25-17-33-28-13-9-8-12-23(25)28)16-27(32-30)21-14-20-10-6-7-11-22(20)26(15-21)31(3,4)5/h6-17H,1-5H3. The first kappa shape index (κ1) is 20.7. The fraction of sp³-hybridized carbons (Fsp3) is 0.194. The second-order valence-corrected chi connectivity index (χ2v) is 10.2. The third-order valence-corrected chi connectivity index (χ3v) is 6.88. The van der Waals surface area contributed by atoms with E-state index in [1.807, 2.05) is 31.4 Å². The van der Waals surface area contributed by atoms with Gasteiger partial charge in [-0.3, -0.25) is 0 Å². The lowest BCUT2D eigenvalue weighted by Gasteiger charge is -2.22. The summed E-state index contributed by atoms with van der Waals surface area (Å²) in [5.41, 5.74) is 8.11. The van der Waals surface area contributed by atoms with E-state index in [0.717, 1.165) is 50.1 Å². The maximum Gasteiger partial charge on any atom is 0.227 e. The molecule has 3 aromatic heterocycles. The number of hydrogen-bond acceptors (Lipinski definition) is 3. The van der Waals surface area contributed by atoms with Gasteiger partial charge in [0.2, 0.25) is 5.71 Å². The highest BCUT2D eigenvalue weighted by Crippen LogP contribution is 2.41. The average molecular weight is 446 g/mol. The van der Waals surface area contributed by atoms with E-state index in [-0.39, 0.29) is 5.41 Å². The Hall–Kier alpha value is -3.85. The number of nitrogens with zero attached hydrogens (tertiary/aromatic N) is 1. The van der Waals surface area contributed by atoms with Crippen molar-refractivity contribution in [2.24, 2.45) is 0 Å². The number of aryl methyl sites for hydroxylation is 2. The predicted octanol–water partition coefficient (Wildman–Crippen LogP) is 8.98. The van der Waals surface area contributed by atoms with Gasteiger partial charge in [0.1, 0.15) is 11.3 Å². The quantitative estimate of drug-likeness (QED) is 0.267. The number of furan rings is 2. The number of fused-ring (bicyclic) bond motifs is 3. The normalized spacial score (nSPS) is 12.3. The predicted molar refractivity (Wildman–Crippen MR) is 140 cm³/mol. The van der Waals surface area contributed by atoms with Crippen LogP contribution in [0.4, 0.5) is 0 Å². The van der Waals surface area contributed by atoms with E-state index in [2.05, 4.69) is 76.2 Å². The van der Waals surface area contributed by atoms with E-state index in [4.69, 9.17) is 13.8 Å². The summed E-state index contributed by atoms with van der Waals surface area (Å²) < 4.78 is 12.1. The Balaban J connectivity index is 1.68. The summed E-state index contributed by atoms with van der Waals surface area (Å²) >= 11 is 0. The largest absolute Gasteiger partial charge is 0.464 e. The molecule has 0 aliphatic heterocycles. The Morgan fingerprint density at radius 1 is 0.794 bits per heavy atom. The summed E-state index contributed by atoms with van der Waals surface area (Å²) in [6.45, 7) is 10.9. The summed E-state index contributed by atoms with van der Waals surface area (Å²) in [6, 6.07) is 23.5. The number of rotatable bonds is 2. The van der Waals surface area contributed by atoms with Crippen LogP contribution in [0.2, 0.25) is 0 Å². The van der Waals surface area contributed by atoms with Gasteiger partial charge in [-0.2, -0.15) is 0 Å². The van der Waals surface area contributed by atoms with Crippen LogP contribution < -0.4 is 0 Å². The van der Waals surface area contributed by atoms with Crippen LogP contribution in [0.1, 0.15) is 37.7 Å². The zero-order chi connectivity index (χ0) is 23.6. The Bertz CT molecular complexity index is 1710. The van der Waals surface area contributed by atoms with Gasteiger partial charge >= 0.3 is 0 Å². The lowest BCUT2D eigenvalue weighted by atomic mass is 9.82. The molecule has 0 aliphatic carbocycles. The van der Waals surface area contributed by atoms with Gasteiger partial charge in [0.15, 0.2) is 0 Å². The van der Waals surface area contributed by atoms with E-state index < -0.39 is 0 Å². The maximum absolute atomic E-state index is 6.15. The van der Waals surface area contributed by atoms with Crippen molar-refractivity contribution in [3.05, 3.63) is 89.9 Å². The van der Waals surface area contributed by atoms with Crippen molar-refractivity contribution in [1.82, 2.24) is 4.98 Å². The number of aromatic nitrogens is 1. The van der Waals surface area contributed by atoms with E-state index in [1.165, 1.54) is 16.3 Å². The summed E-state index contributed by atoms with van der Waals surface area (Å²) in [4.78, 5) is 5.01. The second-order valence-electron chi connectivity index (χ2n) is 10.2. The van der Waals surface area contributed by atoms with Crippen molar-refractivity contribution >= 4 is 32.8 Å². The van der Waals surface area contributed by atoms with Crippen LogP contribution in [-0.2, 0) is 5.41 Å². The maximum atomic E-state index is 6.15. The molecule has 34 heavy (non-hydrogen) atoms. The molecular formula is C31H27NO2. The van der Waals surface area contributed by atoms with Gasteiger partial charge in [-0.05, 0) is 59.9 Å². The number of pyridine rings is 1. The molecule has 0 fully saturated rings. The van der Waals surface area contributed by atoms with Gasteiger partial charge in [0.25, 0.3) is 0 Å². The van der Waals surface area contributed by atoms with Crippen LogP contribution in [0.3, 0.4) is 0 Å². The minimum atomic E-state index is 0.00115. The Morgan fingerprint density at radius 3 is 2.32 bits per heavy atom. The van der Waals surface area contributed by atoms with Crippen molar-refractivity contribution in [3.63, 3.8) is 0 Å². The van der Waals surface area contributed by atoms with Crippen molar-refractivity contribution in [2.75, 3.05) is 0 Å². The molecule has 0 spiro atoms. The third-order valence-electron chi connectivity index (χ3n) is 6.88. The molecule has 0 bridgehead atoms. The number of hydrogen-bond donors (Lipinski definition) is 0. The summed E-state index contributed by atoms with van der Waals surface area (Å²) in [7, 11) is 0. The van der Waals surface area contributed by atoms with E-state index >= 15 is 0 Å². The van der Waals surface area contributed by atoms with E-state index in [1.54, 1.807) is 0 Å². The molecule has 0 saturated heterocycles. The monoisotopic (exact) mass is 445 g/mol. The van der Waals surface area contributed by atoms with Crippen LogP contribution in [-0.4, -0.2) is 4.98 Å². The molecule has 0 N–H and O–H groups in total. The fourth-order valence-corrected chi connectivity index (χ4v) is 4.98. The molecule has 3 aromatic carbocycles. The molecule has 6 rings (SSSR count). The molecule has 3 heteroatoms. The van der Waals surface area contributed by atoms with Gasteiger partial charge < -0.3 is 8.83 Å². The molecule has 3 nitrogen and oxygen atoms in total. The van der Waals surface area contributed by atoms with E-state index in [9.17, 15) is 0 Å². The van der Waals surface area contributed by atoms with Crippen LogP contribution in [0.25, 0.3) is 55.2 Å². The molecular weight excluding hydrogens is 418 g/mol. The van der Waals surface area contributed by atoms with Gasteiger partial charge in [-0.15, -0.1) is 0 Å². The fourth-order valence-electron chi connectivity index (χ4n) is 4.98. The Labute approximate surface area is 199 Å². The van der Waals surface area contributed by atoms with Gasteiger partial charge in [-0.25, -0.2) is 4.98 Å². The van der Waals surface area contributed by atoms with Crippen LogP contribution in [0.15, 0.2) is 81.8 Å².